The largest absolute Gasteiger partial charge is 0.389 e. The van der Waals surface area contributed by atoms with Gasteiger partial charge in [0.05, 0.1) is 5.56 Å². The van der Waals surface area contributed by atoms with E-state index in [1.165, 1.54) is 27.3 Å². The van der Waals surface area contributed by atoms with E-state index in [2.05, 4.69) is 45.0 Å². The zero-order valence-corrected chi connectivity index (χ0v) is 11.7. The van der Waals surface area contributed by atoms with Crippen LogP contribution in [0.4, 0.5) is 5.00 Å². The minimum Gasteiger partial charge on any atom is -0.389 e. The van der Waals surface area contributed by atoms with Crippen LogP contribution in [0.2, 0.25) is 0 Å². The number of nitriles is 1. The van der Waals surface area contributed by atoms with Crippen molar-refractivity contribution in [1.29, 1.82) is 5.26 Å². The summed E-state index contributed by atoms with van der Waals surface area (Å²) in [5.41, 5.74) is 11.2. The average Bonchev–Trinajstić information content (AvgIpc) is 2.65. The molecular weight excluding hydrogens is 240 g/mol. The fourth-order valence-corrected chi connectivity index (χ4v) is 3.21. The summed E-state index contributed by atoms with van der Waals surface area (Å²) in [7, 11) is 0. The van der Waals surface area contributed by atoms with Crippen LogP contribution in [0.15, 0.2) is 18.2 Å². The van der Waals surface area contributed by atoms with E-state index in [0.717, 1.165) is 17.5 Å². The van der Waals surface area contributed by atoms with Crippen molar-refractivity contribution < 1.29 is 0 Å². The summed E-state index contributed by atoms with van der Waals surface area (Å²) in [5.74, 6) is 0. The molecule has 0 amide bonds. The van der Waals surface area contributed by atoms with Crippen molar-refractivity contribution in [2.75, 3.05) is 5.73 Å². The fraction of sp³-hybridized carbons (Fsp3) is 0.267. The summed E-state index contributed by atoms with van der Waals surface area (Å²) in [6.45, 7) is 6.25. The summed E-state index contributed by atoms with van der Waals surface area (Å²) in [6.07, 6.45) is 0.902. The highest BCUT2D eigenvalue weighted by Crippen LogP contribution is 2.39. The average molecular weight is 256 g/mol. The monoisotopic (exact) mass is 256 g/mol. The Morgan fingerprint density at radius 2 is 2.06 bits per heavy atom. The second-order valence-corrected chi connectivity index (χ2v) is 5.56. The van der Waals surface area contributed by atoms with Crippen molar-refractivity contribution in [2.24, 2.45) is 0 Å². The summed E-state index contributed by atoms with van der Waals surface area (Å²) in [6, 6.07) is 8.56. The van der Waals surface area contributed by atoms with Crippen LogP contribution in [0.25, 0.3) is 11.1 Å². The predicted octanol–water partition coefficient (Wildman–Crippen LogP) is 4.05. The van der Waals surface area contributed by atoms with Gasteiger partial charge in [-0.05, 0) is 31.4 Å². The molecule has 2 aromatic rings. The third-order valence-electron chi connectivity index (χ3n) is 3.09. The molecule has 2 N–H and O–H groups in total. The Balaban J connectivity index is 2.74. The number of anilines is 1. The highest BCUT2D eigenvalue weighted by Gasteiger charge is 2.18. The Bertz CT molecular complexity index is 633. The van der Waals surface area contributed by atoms with E-state index in [9.17, 15) is 5.26 Å². The summed E-state index contributed by atoms with van der Waals surface area (Å²) in [4.78, 5) is 1.19. The van der Waals surface area contributed by atoms with Crippen LogP contribution in [0.5, 0.6) is 0 Å². The van der Waals surface area contributed by atoms with Gasteiger partial charge in [-0.1, -0.05) is 30.7 Å². The van der Waals surface area contributed by atoms with Crippen molar-refractivity contribution in [2.45, 2.75) is 27.2 Å². The standard InChI is InChI=1S/C15H16N2S/c1-4-13-14(12(8-16)15(17)18-13)11-6-5-9(2)7-10(11)3/h5-7H,4,17H2,1-3H3. The number of nitrogen functional groups attached to an aromatic ring is 1. The van der Waals surface area contributed by atoms with Crippen LogP contribution in [-0.4, -0.2) is 0 Å². The van der Waals surface area contributed by atoms with Crippen LogP contribution in [-0.2, 0) is 6.42 Å². The molecule has 1 aromatic carbocycles. The normalized spacial score (nSPS) is 10.3. The molecule has 0 saturated heterocycles. The summed E-state index contributed by atoms with van der Waals surface area (Å²) in [5, 5.41) is 9.92. The number of nitrogens with zero attached hydrogens (tertiary/aromatic N) is 1. The molecule has 0 bridgehead atoms. The van der Waals surface area contributed by atoms with Gasteiger partial charge in [0, 0.05) is 10.4 Å². The van der Waals surface area contributed by atoms with Crippen LogP contribution in [0, 0.1) is 25.2 Å². The van der Waals surface area contributed by atoms with Gasteiger partial charge in [-0.2, -0.15) is 5.26 Å². The maximum Gasteiger partial charge on any atom is 0.105 e. The zero-order valence-electron chi connectivity index (χ0n) is 10.9. The molecule has 2 nitrogen and oxygen atoms in total. The highest BCUT2D eigenvalue weighted by atomic mass is 32.1. The smallest absolute Gasteiger partial charge is 0.105 e. The topological polar surface area (TPSA) is 49.8 Å². The minimum atomic E-state index is 0.629. The van der Waals surface area contributed by atoms with Gasteiger partial charge in [0.1, 0.15) is 11.1 Å². The first-order valence-electron chi connectivity index (χ1n) is 5.97. The molecule has 2 rings (SSSR count). The number of aryl methyl sites for hydroxylation is 3. The zero-order chi connectivity index (χ0) is 13.3. The van der Waals surface area contributed by atoms with Crippen molar-refractivity contribution in [3.05, 3.63) is 39.8 Å². The highest BCUT2D eigenvalue weighted by molar-refractivity contribution is 7.16. The molecule has 0 aliphatic heterocycles. The lowest BCUT2D eigenvalue weighted by Gasteiger charge is -2.08. The van der Waals surface area contributed by atoms with Crippen molar-refractivity contribution in [1.82, 2.24) is 0 Å². The van der Waals surface area contributed by atoms with Crippen LogP contribution >= 0.6 is 11.3 Å². The van der Waals surface area contributed by atoms with Gasteiger partial charge >= 0.3 is 0 Å². The molecule has 1 heterocycles. The summed E-state index contributed by atoms with van der Waals surface area (Å²) < 4.78 is 0. The maximum absolute atomic E-state index is 9.29. The lowest BCUT2D eigenvalue weighted by Crippen LogP contribution is -1.90. The van der Waals surface area contributed by atoms with Gasteiger partial charge in [0.25, 0.3) is 0 Å². The molecule has 3 heteroatoms. The quantitative estimate of drug-likeness (QED) is 0.881. The first kappa shape index (κ1) is 12.7. The van der Waals surface area contributed by atoms with E-state index < -0.39 is 0 Å². The molecule has 0 unspecified atom stereocenters. The number of rotatable bonds is 2. The number of benzene rings is 1. The van der Waals surface area contributed by atoms with Gasteiger partial charge in [0.2, 0.25) is 0 Å². The van der Waals surface area contributed by atoms with E-state index in [1.807, 2.05) is 0 Å². The molecule has 0 radical (unpaired) electrons. The molecular formula is C15H16N2S. The molecule has 18 heavy (non-hydrogen) atoms. The van der Waals surface area contributed by atoms with E-state index in [0.29, 0.717) is 10.6 Å². The number of thiophene rings is 1. The van der Waals surface area contributed by atoms with Gasteiger partial charge in [-0.3, -0.25) is 0 Å². The molecule has 0 aliphatic rings. The number of hydrogen-bond donors (Lipinski definition) is 1. The first-order chi connectivity index (χ1) is 8.58. The van der Waals surface area contributed by atoms with E-state index in [1.54, 1.807) is 0 Å². The van der Waals surface area contributed by atoms with Gasteiger partial charge in [-0.15, -0.1) is 11.3 Å². The molecule has 0 fully saturated rings. The molecule has 0 atom stereocenters. The number of hydrogen-bond acceptors (Lipinski definition) is 3. The molecule has 0 spiro atoms. The van der Waals surface area contributed by atoms with Gasteiger partial charge in [-0.25, -0.2) is 0 Å². The molecule has 0 aliphatic carbocycles. The summed E-state index contributed by atoms with van der Waals surface area (Å²) >= 11 is 1.53. The number of nitrogens with two attached hydrogens (primary N) is 1. The first-order valence-corrected chi connectivity index (χ1v) is 6.79. The Kier molecular flexibility index (Phi) is 3.40. The van der Waals surface area contributed by atoms with Gasteiger partial charge in [0.15, 0.2) is 0 Å². The fourth-order valence-electron chi connectivity index (χ4n) is 2.24. The Labute approximate surface area is 112 Å². The van der Waals surface area contributed by atoms with Crippen LogP contribution in [0.3, 0.4) is 0 Å². The van der Waals surface area contributed by atoms with E-state index >= 15 is 0 Å². The van der Waals surface area contributed by atoms with Crippen molar-refractivity contribution >= 4 is 16.3 Å². The Hall–Kier alpha value is -1.79. The van der Waals surface area contributed by atoms with E-state index in [4.69, 9.17) is 5.73 Å². The Morgan fingerprint density at radius 1 is 1.33 bits per heavy atom. The lowest BCUT2D eigenvalue weighted by molar-refractivity contribution is 1.18. The second-order valence-electron chi connectivity index (χ2n) is 4.42. The third kappa shape index (κ3) is 2.00. The van der Waals surface area contributed by atoms with Crippen molar-refractivity contribution in [3.63, 3.8) is 0 Å². The third-order valence-corrected chi connectivity index (χ3v) is 4.26. The van der Waals surface area contributed by atoms with E-state index in [-0.39, 0.29) is 0 Å². The van der Waals surface area contributed by atoms with Crippen molar-refractivity contribution in [3.8, 4) is 17.2 Å². The molecule has 92 valence electrons. The lowest BCUT2D eigenvalue weighted by atomic mass is 9.95. The second kappa shape index (κ2) is 4.83. The van der Waals surface area contributed by atoms with Crippen LogP contribution < -0.4 is 5.73 Å². The van der Waals surface area contributed by atoms with Gasteiger partial charge < -0.3 is 5.73 Å². The minimum absolute atomic E-state index is 0.629. The van der Waals surface area contributed by atoms with Crippen LogP contribution in [0.1, 0.15) is 28.5 Å². The molecule has 1 aromatic heterocycles. The predicted molar refractivity (Wildman–Crippen MR) is 77.7 cm³/mol. The Morgan fingerprint density at radius 3 is 2.61 bits per heavy atom. The molecule has 0 saturated carbocycles. The SMILES string of the molecule is CCc1sc(N)c(C#N)c1-c1ccc(C)cc1C. The maximum atomic E-state index is 9.29.